The molecule has 0 bridgehead atoms. The van der Waals surface area contributed by atoms with Gasteiger partial charge in [-0.1, -0.05) is 0 Å². The molecule has 2 rings (SSSR count). The molecule has 9 heteroatoms. The molecule has 0 saturated carbocycles. The molecule has 1 saturated heterocycles. The van der Waals surface area contributed by atoms with Gasteiger partial charge in [0.25, 0.3) is 0 Å². The van der Waals surface area contributed by atoms with Crippen LogP contribution in [0.2, 0.25) is 0 Å². The predicted octanol–water partition coefficient (Wildman–Crippen LogP) is 0.739. The summed E-state index contributed by atoms with van der Waals surface area (Å²) in [5.74, 6) is -3.95. The monoisotopic (exact) mass is 320 g/mol. The Labute approximate surface area is 120 Å². The molecular formula is C12H14F2N2O4S. The first-order valence-electron chi connectivity index (χ1n) is 6.06. The summed E-state index contributed by atoms with van der Waals surface area (Å²) in [7, 11) is -4.64. The van der Waals surface area contributed by atoms with E-state index < -0.39 is 31.9 Å². The normalized spacial score (nSPS) is 22.5. The molecule has 1 heterocycles. The molecule has 21 heavy (non-hydrogen) atoms. The van der Waals surface area contributed by atoms with Crippen molar-refractivity contribution in [3.05, 3.63) is 24.3 Å². The van der Waals surface area contributed by atoms with Crippen LogP contribution in [0, 0.1) is 0 Å². The van der Waals surface area contributed by atoms with Gasteiger partial charge in [-0.05, 0) is 30.7 Å². The van der Waals surface area contributed by atoms with Crippen LogP contribution in [0.3, 0.4) is 0 Å². The van der Waals surface area contributed by atoms with Gasteiger partial charge in [0.1, 0.15) is 5.54 Å². The Kier molecular flexibility index (Phi) is 4.26. The average Bonchev–Trinajstić information content (AvgIpc) is 2.87. The summed E-state index contributed by atoms with van der Waals surface area (Å²) in [6, 6.07) is 4.47. The summed E-state index contributed by atoms with van der Waals surface area (Å²) in [4.78, 5) is 11.5. The number of hydrogen-bond acceptors (Lipinski definition) is 5. The van der Waals surface area contributed by atoms with Gasteiger partial charge in [-0.25, -0.2) is 8.42 Å². The van der Waals surface area contributed by atoms with Crippen molar-refractivity contribution >= 4 is 21.4 Å². The smallest absolute Gasteiger partial charge is 0.341 e. The Morgan fingerprint density at radius 3 is 2.43 bits per heavy atom. The molecule has 1 unspecified atom stereocenters. The van der Waals surface area contributed by atoms with E-state index in [0.717, 1.165) is 12.1 Å². The van der Waals surface area contributed by atoms with Crippen LogP contribution < -0.4 is 11.1 Å². The van der Waals surface area contributed by atoms with Gasteiger partial charge in [0.2, 0.25) is 15.7 Å². The highest BCUT2D eigenvalue weighted by atomic mass is 32.2. The molecular weight excluding hydrogens is 306 g/mol. The van der Waals surface area contributed by atoms with E-state index in [2.05, 4.69) is 5.32 Å². The Morgan fingerprint density at radius 1 is 1.33 bits per heavy atom. The maximum Gasteiger partial charge on any atom is 0.341 e. The van der Waals surface area contributed by atoms with Crippen molar-refractivity contribution in [1.82, 2.24) is 0 Å². The summed E-state index contributed by atoms with van der Waals surface area (Å²) in [6.07, 6.45) is 0.372. The molecule has 0 aromatic heterocycles. The largest absolute Gasteiger partial charge is 0.379 e. The Bertz CT molecular complexity index is 625. The lowest BCUT2D eigenvalue weighted by Crippen LogP contribution is -2.51. The van der Waals surface area contributed by atoms with Crippen molar-refractivity contribution in [2.24, 2.45) is 5.73 Å². The van der Waals surface area contributed by atoms with Gasteiger partial charge < -0.3 is 15.8 Å². The molecule has 6 nitrogen and oxygen atoms in total. The fourth-order valence-corrected chi connectivity index (χ4v) is 2.57. The number of halogens is 2. The number of nitrogens with two attached hydrogens (primary N) is 1. The van der Waals surface area contributed by atoms with Crippen molar-refractivity contribution in [2.45, 2.75) is 22.6 Å². The van der Waals surface area contributed by atoms with Crippen LogP contribution >= 0.6 is 0 Å². The number of rotatable bonds is 4. The number of sulfone groups is 1. The van der Waals surface area contributed by atoms with Crippen LogP contribution in [0.5, 0.6) is 0 Å². The summed E-state index contributed by atoms with van der Waals surface area (Å²) < 4.78 is 52.3. The van der Waals surface area contributed by atoms with E-state index in [-0.39, 0.29) is 12.3 Å². The first-order valence-corrected chi connectivity index (χ1v) is 7.60. The van der Waals surface area contributed by atoms with Crippen LogP contribution in [0.1, 0.15) is 6.42 Å². The van der Waals surface area contributed by atoms with E-state index in [1.807, 2.05) is 0 Å². The van der Waals surface area contributed by atoms with Gasteiger partial charge in [-0.2, -0.15) is 8.78 Å². The van der Waals surface area contributed by atoms with Gasteiger partial charge in [0.15, 0.2) is 0 Å². The first-order chi connectivity index (χ1) is 9.75. The van der Waals surface area contributed by atoms with E-state index in [9.17, 15) is 22.0 Å². The molecule has 1 fully saturated rings. The number of benzene rings is 1. The number of anilines is 1. The van der Waals surface area contributed by atoms with Crippen molar-refractivity contribution in [2.75, 3.05) is 18.5 Å². The number of alkyl halides is 2. The van der Waals surface area contributed by atoms with Crippen LogP contribution in [-0.4, -0.2) is 38.8 Å². The molecule has 1 amide bonds. The minimum Gasteiger partial charge on any atom is -0.379 e. The zero-order chi connectivity index (χ0) is 15.7. The van der Waals surface area contributed by atoms with Gasteiger partial charge in [-0.3, -0.25) is 4.79 Å². The number of amides is 1. The molecule has 3 N–H and O–H groups in total. The fourth-order valence-electron chi connectivity index (χ4n) is 1.85. The summed E-state index contributed by atoms with van der Waals surface area (Å²) >= 11 is 0. The molecule has 1 aromatic carbocycles. The zero-order valence-electron chi connectivity index (χ0n) is 10.9. The van der Waals surface area contributed by atoms with Crippen molar-refractivity contribution in [3.63, 3.8) is 0 Å². The van der Waals surface area contributed by atoms with E-state index >= 15 is 0 Å². The predicted molar refractivity (Wildman–Crippen MR) is 70.6 cm³/mol. The standard InChI is InChI=1S/C12H14F2N2O4S/c13-11(14)21(18,19)9-3-1-8(2-4-9)16-10(17)12(15)5-6-20-7-12/h1-4,11H,5-7,15H2,(H,16,17). The Hall–Kier alpha value is -1.58. The lowest BCUT2D eigenvalue weighted by Gasteiger charge is -2.20. The Morgan fingerprint density at radius 2 is 1.95 bits per heavy atom. The number of hydrogen-bond donors (Lipinski definition) is 2. The number of carbonyl (C=O) groups excluding carboxylic acids is 1. The van der Waals surface area contributed by atoms with Crippen LogP contribution in [0.25, 0.3) is 0 Å². The quantitative estimate of drug-likeness (QED) is 0.852. The molecule has 0 spiro atoms. The average molecular weight is 320 g/mol. The van der Waals surface area contributed by atoms with Crippen LogP contribution in [0.15, 0.2) is 29.2 Å². The van der Waals surface area contributed by atoms with E-state index in [0.29, 0.717) is 13.0 Å². The third kappa shape index (κ3) is 3.20. The molecule has 1 aromatic rings. The fraction of sp³-hybridized carbons (Fsp3) is 0.417. The maximum atomic E-state index is 12.4. The van der Waals surface area contributed by atoms with Gasteiger partial charge >= 0.3 is 5.76 Å². The molecule has 0 aliphatic carbocycles. The second-order valence-electron chi connectivity index (χ2n) is 4.74. The zero-order valence-corrected chi connectivity index (χ0v) is 11.7. The summed E-state index contributed by atoms with van der Waals surface area (Å²) in [5, 5.41) is 2.51. The van der Waals surface area contributed by atoms with Crippen molar-refractivity contribution < 1.29 is 26.7 Å². The second kappa shape index (κ2) is 5.66. The third-order valence-corrected chi connectivity index (χ3v) is 4.58. The van der Waals surface area contributed by atoms with Crippen LogP contribution in [0.4, 0.5) is 14.5 Å². The van der Waals surface area contributed by atoms with Crippen molar-refractivity contribution in [1.29, 1.82) is 0 Å². The minimum atomic E-state index is -4.64. The minimum absolute atomic E-state index is 0.0939. The number of ether oxygens (including phenoxy) is 1. The molecule has 1 atom stereocenters. The summed E-state index contributed by atoms with van der Waals surface area (Å²) in [5.41, 5.74) is 4.99. The maximum absolute atomic E-state index is 12.4. The van der Waals surface area contributed by atoms with Gasteiger partial charge in [-0.15, -0.1) is 0 Å². The number of nitrogens with one attached hydrogen (secondary N) is 1. The van der Waals surface area contributed by atoms with Gasteiger partial charge in [0, 0.05) is 12.3 Å². The highest BCUT2D eigenvalue weighted by Gasteiger charge is 2.38. The molecule has 116 valence electrons. The van der Waals surface area contributed by atoms with Gasteiger partial charge in [0.05, 0.1) is 11.5 Å². The number of carbonyl (C=O) groups is 1. The van der Waals surface area contributed by atoms with E-state index in [1.54, 1.807) is 0 Å². The van der Waals surface area contributed by atoms with Crippen LogP contribution in [-0.2, 0) is 19.4 Å². The first kappa shape index (κ1) is 15.8. The van der Waals surface area contributed by atoms with E-state index in [1.165, 1.54) is 12.1 Å². The highest BCUT2D eigenvalue weighted by molar-refractivity contribution is 7.91. The Balaban J connectivity index is 2.12. The lowest BCUT2D eigenvalue weighted by atomic mass is 9.99. The molecule has 0 radical (unpaired) electrons. The third-order valence-electron chi connectivity index (χ3n) is 3.18. The molecule has 1 aliphatic rings. The molecule has 1 aliphatic heterocycles. The highest BCUT2D eigenvalue weighted by Crippen LogP contribution is 2.22. The van der Waals surface area contributed by atoms with Crippen molar-refractivity contribution in [3.8, 4) is 0 Å². The second-order valence-corrected chi connectivity index (χ2v) is 6.66. The topological polar surface area (TPSA) is 98.5 Å². The SMILES string of the molecule is NC1(C(=O)Nc2ccc(S(=O)(=O)C(F)F)cc2)CCOC1. The van der Waals surface area contributed by atoms with E-state index in [4.69, 9.17) is 10.5 Å². The lowest BCUT2D eigenvalue weighted by molar-refractivity contribution is -0.121. The summed E-state index contributed by atoms with van der Waals surface area (Å²) in [6.45, 7) is 0.478.